The highest BCUT2D eigenvalue weighted by Crippen LogP contribution is 2.08. The maximum atomic E-state index is 4.42. The molecule has 1 aliphatic rings. The van der Waals surface area contributed by atoms with Crippen LogP contribution in [0.5, 0.6) is 0 Å². The summed E-state index contributed by atoms with van der Waals surface area (Å²) < 4.78 is 1.93. The van der Waals surface area contributed by atoms with Crippen molar-refractivity contribution in [1.82, 2.24) is 20.0 Å². The Balaban J connectivity index is 1.42. The summed E-state index contributed by atoms with van der Waals surface area (Å²) in [6, 6.07) is 10.2. The van der Waals surface area contributed by atoms with E-state index in [2.05, 4.69) is 33.6 Å². The first kappa shape index (κ1) is 14.3. The number of nitrogens with zero attached hydrogens (tertiary/aromatic N) is 3. The molecular weight excluding hydrogens is 260 g/mol. The van der Waals surface area contributed by atoms with E-state index in [0.717, 1.165) is 25.3 Å². The highest BCUT2D eigenvalue weighted by Gasteiger charge is 2.08. The van der Waals surface area contributed by atoms with Gasteiger partial charge in [-0.2, -0.15) is 5.10 Å². The second-order valence-electron chi connectivity index (χ2n) is 5.71. The van der Waals surface area contributed by atoms with Crippen LogP contribution in [-0.4, -0.2) is 40.9 Å². The summed E-state index contributed by atoms with van der Waals surface area (Å²) in [7, 11) is 0. The van der Waals surface area contributed by atoms with Crippen molar-refractivity contribution in [2.75, 3.05) is 26.2 Å². The van der Waals surface area contributed by atoms with Crippen molar-refractivity contribution in [1.29, 1.82) is 0 Å². The first-order chi connectivity index (χ1) is 10.4. The maximum absolute atomic E-state index is 4.42. The molecule has 2 aromatic rings. The number of benzene rings is 1. The van der Waals surface area contributed by atoms with Gasteiger partial charge in [0.05, 0.1) is 11.9 Å². The van der Waals surface area contributed by atoms with E-state index in [0.29, 0.717) is 0 Å². The van der Waals surface area contributed by atoms with E-state index < -0.39 is 0 Å². The van der Waals surface area contributed by atoms with Crippen molar-refractivity contribution in [2.45, 2.75) is 25.8 Å². The third kappa shape index (κ3) is 4.16. The maximum Gasteiger partial charge on any atom is 0.0645 e. The summed E-state index contributed by atoms with van der Waals surface area (Å²) >= 11 is 0. The predicted octanol–water partition coefficient (Wildman–Crippen LogP) is 2.45. The zero-order chi connectivity index (χ0) is 14.3. The lowest BCUT2D eigenvalue weighted by Gasteiger charge is -2.26. The molecule has 0 saturated carbocycles. The molecule has 1 aromatic carbocycles. The predicted molar refractivity (Wildman–Crippen MR) is 85.6 cm³/mol. The van der Waals surface area contributed by atoms with E-state index in [4.69, 9.17) is 0 Å². The normalized spacial score (nSPS) is 16.2. The molecule has 0 atom stereocenters. The highest BCUT2D eigenvalue weighted by atomic mass is 15.3. The lowest BCUT2D eigenvalue weighted by Crippen LogP contribution is -2.35. The molecule has 0 unspecified atom stereocenters. The van der Waals surface area contributed by atoms with E-state index in [1.807, 2.05) is 29.1 Å². The Morgan fingerprint density at radius 3 is 2.67 bits per heavy atom. The number of aromatic nitrogens is 2. The van der Waals surface area contributed by atoms with Crippen LogP contribution in [0.25, 0.3) is 5.69 Å². The Hall–Kier alpha value is -1.65. The van der Waals surface area contributed by atoms with Gasteiger partial charge >= 0.3 is 0 Å². The Morgan fingerprint density at radius 2 is 1.86 bits per heavy atom. The average Bonchev–Trinajstić information content (AvgIpc) is 3.02. The molecule has 1 saturated heterocycles. The van der Waals surface area contributed by atoms with Crippen LogP contribution in [0.15, 0.2) is 42.7 Å². The number of piperidine rings is 1. The molecule has 1 aliphatic heterocycles. The number of hydrogen-bond acceptors (Lipinski definition) is 3. The average molecular weight is 284 g/mol. The first-order valence-corrected chi connectivity index (χ1v) is 7.94. The molecule has 2 heterocycles. The zero-order valence-electron chi connectivity index (χ0n) is 12.5. The van der Waals surface area contributed by atoms with Crippen LogP contribution in [0.1, 0.15) is 24.8 Å². The van der Waals surface area contributed by atoms with E-state index in [1.54, 1.807) is 0 Å². The largest absolute Gasteiger partial charge is 0.311 e. The fourth-order valence-corrected chi connectivity index (χ4v) is 2.83. The van der Waals surface area contributed by atoms with Crippen molar-refractivity contribution in [3.63, 3.8) is 0 Å². The SMILES string of the molecule is c1ccc(-n2cc(CNCCN3CCCCC3)cn2)cc1. The number of hydrogen-bond donors (Lipinski definition) is 1. The number of nitrogens with one attached hydrogen (secondary N) is 1. The quantitative estimate of drug-likeness (QED) is 0.827. The van der Waals surface area contributed by atoms with Gasteiger partial charge in [-0.15, -0.1) is 0 Å². The number of rotatable bonds is 6. The van der Waals surface area contributed by atoms with Gasteiger partial charge in [-0.1, -0.05) is 24.6 Å². The molecule has 1 fully saturated rings. The van der Waals surface area contributed by atoms with Crippen LogP contribution in [-0.2, 0) is 6.54 Å². The zero-order valence-corrected chi connectivity index (χ0v) is 12.5. The molecule has 0 bridgehead atoms. The van der Waals surface area contributed by atoms with Crippen LogP contribution in [0.4, 0.5) is 0 Å². The molecule has 0 spiro atoms. The third-order valence-corrected chi connectivity index (χ3v) is 4.04. The molecule has 0 amide bonds. The summed E-state index contributed by atoms with van der Waals surface area (Å²) in [5.41, 5.74) is 2.34. The first-order valence-electron chi connectivity index (χ1n) is 7.94. The lowest BCUT2D eigenvalue weighted by atomic mass is 10.1. The summed E-state index contributed by atoms with van der Waals surface area (Å²) in [4.78, 5) is 2.56. The fourth-order valence-electron chi connectivity index (χ4n) is 2.83. The Morgan fingerprint density at radius 1 is 1.05 bits per heavy atom. The van der Waals surface area contributed by atoms with Gasteiger partial charge in [-0.3, -0.25) is 0 Å². The van der Waals surface area contributed by atoms with Gasteiger partial charge in [0.15, 0.2) is 0 Å². The Kier molecular flexibility index (Phi) is 5.03. The van der Waals surface area contributed by atoms with Gasteiger partial charge in [0.25, 0.3) is 0 Å². The molecule has 0 radical (unpaired) electrons. The topological polar surface area (TPSA) is 33.1 Å². The second kappa shape index (κ2) is 7.38. The molecule has 1 aromatic heterocycles. The standard InChI is InChI=1S/C17H24N4/c1-3-7-17(8-4-1)21-15-16(14-19-21)13-18-9-12-20-10-5-2-6-11-20/h1,3-4,7-8,14-15,18H,2,5-6,9-13H2. The number of likely N-dealkylation sites (tertiary alicyclic amines) is 1. The van der Waals surface area contributed by atoms with Gasteiger partial charge < -0.3 is 10.2 Å². The molecule has 0 aliphatic carbocycles. The van der Waals surface area contributed by atoms with Gasteiger partial charge in [0, 0.05) is 31.4 Å². The molecule has 4 heteroatoms. The fraction of sp³-hybridized carbons (Fsp3) is 0.471. The minimum Gasteiger partial charge on any atom is -0.311 e. The van der Waals surface area contributed by atoms with Gasteiger partial charge in [0.1, 0.15) is 0 Å². The summed E-state index contributed by atoms with van der Waals surface area (Å²) in [5.74, 6) is 0. The van der Waals surface area contributed by atoms with Gasteiger partial charge in [0.2, 0.25) is 0 Å². The van der Waals surface area contributed by atoms with E-state index in [-0.39, 0.29) is 0 Å². The molecule has 4 nitrogen and oxygen atoms in total. The van der Waals surface area contributed by atoms with Crippen molar-refractivity contribution < 1.29 is 0 Å². The number of para-hydroxylation sites is 1. The van der Waals surface area contributed by atoms with Crippen LogP contribution >= 0.6 is 0 Å². The molecular formula is C17H24N4. The van der Waals surface area contributed by atoms with Gasteiger partial charge in [-0.05, 0) is 38.1 Å². The summed E-state index contributed by atoms with van der Waals surface area (Å²) in [5, 5.41) is 7.94. The van der Waals surface area contributed by atoms with Crippen LogP contribution in [0.3, 0.4) is 0 Å². The smallest absolute Gasteiger partial charge is 0.0645 e. The summed E-state index contributed by atoms with van der Waals surface area (Å²) in [6.07, 6.45) is 8.18. The molecule has 1 N–H and O–H groups in total. The van der Waals surface area contributed by atoms with Crippen molar-refractivity contribution in [3.8, 4) is 5.69 Å². The van der Waals surface area contributed by atoms with Crippen LogP contribution < -0.4 is 5.32 Å². The molecule has 21 heavy (non-hydrogen) atoms. The van der Waals surface area contributed by atoms with Crippen molar-refractivity contribution >= 4 is 0 Å². The van der Waals surface area contributed by atoms with Crippen LogP contribution in [0.2, 0.25) is 0 Å². The Bertz CT molecular complexity index is 529. The second-order valence-corrected chi connectivity index (χ2v) is 5.71. The van der Waals surface area contributed by atoms with E-state index in [1.165, 1.54) is 37.9 Å². The van der Waals surface area contributed by atoms with Crippen molar-refractivity contribution in [2.24, 2.45) is 0 Å². The minimum atomic E-state index is 0.890. The van der Waals surface area contributed by atoms with Crippen LogP contribution in [0, 0.1) is 0 Å². The third-order valence-electron chi connectivity index (χ3n) is 4.04. The molecule has 3 rings (SSSR count). The monoisotopic (exact) mass is 284 g/mol. The minimum absolute atomic E-state index is 0.890. The van der Waals surface area contributed by atoms with E-state index >= 15 is 0 Å². The van der Waals surface area contributed by atoms with Crippen molar-refractivity contribution in [3.05, 3.63) is 48.3 Å². The lowest BCUT2D eigenvalue weighted by molar-refractivity contribution is 0.229. The summed E-state index contributed by atoms with van der Waals surface area (Å²) in [6.45, 7) is 5.64. The Labute approximate surface area is 126 Å². The molecule has 112 valence electrons. The highest BCUT2D eigenvalue weighted by molar-refractivity contribution is 5.30. The van der Waals surface area contributed by atoms with Gasteiger partial charge in [-0.25, -0.2) is 4.68 Å². The van der Waals surface area contributed by atoms with E-state index in [9.17, 15) is 0 Å².